The molecule has 10 nitrogen and oxygen atoms in total. The van der Waals surface area contributed by atoms with Gasteiger partial charge in [0.2, 0.25) is 0 Å². The number of fused-ring (bicyclic) bond motifs is 2. The standard InChI is InChI=1S/C15H12N2O.C14H14N4O3/c1-18-15-12-9-5-6-10-13(12)16-14(17-15)11-7-3-2-4-8-11;1-19-11-6-9-10(7-12(11)20-2)16-14(17-13(9)21-3)18-5-4-15-8-18/h2-10H,1H3;4-8H,1-3H3/p+2. The second-order valence-corrected chi connectivity index (χ2v) is 8.28. The molecule has 0 radical (unpaired) electrons. The van der Waals surface area contributed by atoms with Crippen LogP contribution in [0.1, 0.15) is 0 Å². The molecular formula is C29H28N6O4+2. The molecule has 0 atom stereocenters. The monoisotopic (exact) mass is 524 g/mol. The van der Waals surface area contributed by atoms with Crippen LogP contribution in [0.4, 0.5) is 0 Å². The average Bonchev–Trinajstić information content (AvgIpc) is 3.55. The molecule has 6 aromatic rings. The van der Waals surface area contributed by atoms with Crippen LogP contribution in [0.15, 0.2) is 85.5 Å². The highest BCUT2D eigenvalue weighted by Crippen LogP contribution is 2.34. The first-order chi connectivity index (χ1) is 19.1. The van der Waals surface area contributed by atoms with E-state index in [4.69, 9.17) is 18.9 Å². The van der Waals surface area contributed by atoms with Gasteiger partial charge in [0, 0.05) is 12.1 Å². The van der Waals surface area contributed by atoms with Gasteiger partial charge in [0.1, 0.15) is 10.9 Å². The summed E-state index contributed by atoms with van der Waals surface area (Å²) in [7, 11) is 6.40. The summed E-state index contributed by atoms with van der Waals surface area (Å²) in [5, 5.41) is 1.75. The zero-order chi connectivity index (χ0) is 27.2. The average molecular weight is 525 g/mol. The predicted octanol–water partition coefficient (Wildman–Crippen LogP) is 3.98. The van der Waals surface area contributed by atoms with Crippen molar-refractivity contribution >= 4 is 21.8 Å². The molecule has 0 aliphatic heterocycles. The van der Waals surface area contributed by atoms with E-state index in [1.54, 1.807) is 57.7 Å². The minimum absolute atomic E-state index is 0.477. The van der Waals surface area contributed by atoms with Crippen LogP contribution < -0.4 is 28.5 Å². The highest BCUT2D eigenvalue weighted by molar-refractivity contribution is 5.87. The van der Waals surface area contributed by atoms with Gasteiger partial charge in [-0.2, -0.15) is 4.57 Å². The molecule has 196 valence electrons. The van der Waals surface area contributed by atoms with Crippen molar-refractivity contribution in [2.45, 2.75) is 0 Å². The topological polar surface area (TPSA) is 109 Å². The van der Waals surface area contributed by atoms with Crippen LogP contribution in [-0.4, -0.2) is 48.4 Å². The number of para-hydroxylation sites is 1. The van der Waals surface area contributed by atoms with E-state index in [0.717, 1.165) is 33.6 Å². The molecule has 0 fully saturated rings. The molecule has 10 heteroatoms. The van der Waals surface area contributed by atoms with Gasteiger partial charge in [-0.25, -0.2) is 4.98 Å². The van der Waals surface area contributed by atoms with Gasteiger partial charge in [-0.15, -0.1) is 4.98 Å². The van der Waals surface area contributed by atoms with E-state index in [0.29, 0.717) is 28.8 Å². The summed E-state index contributed by atoms with van der Waals surface area (Å²) >= 11 is 0. The normalized spacial score (nSPS) is 10.6. The molecular weight excluding hydrogens is 496 g/mol. The molecule has 3 heterocycles. The van der Waals surface area contributed by atoms with E-state index >= 15 is 0 Å². The Morgan fingerprint density at radius 3 is 2.15 bits per heavy atom. The maximum absolute atomic E-state index is 5.39. The third-order valence-electron chi connectivity index (χ3n) is 5.99. The van der Waals surface area contributed by atoms with Gasteiger partial charge in [-0.3, -0.25) is 4.98 Å². The molecule has 2 N–H and O–H groups in total. The molecule has 0 aliphatic carbocycles. The largest absolute Gasteiger partial charge is 0.493 e. The zero-order valence-corrected chi connectivity index (χ0v) is 22.0. The maximum atomic E-state index is 5.39. The summed E-state index contributed by atoms with van der Waals surface area (Å²) in [4.78, 5) is 19.7. The number of H-pyrrole nitrogens is 2. The Balaban J connectivity index is 0.000000160. The fourth-order valence-electron chi connectivity index (χ4n) is 4.08. The van der Waals surface area contributed by atoms with E-state index in [1.165, 1.54) is 0 Å². The lowest BCUT2D eigenvalue weighted by molar-refractivity contribution is -0.602. The molecule has 0 saturated heterocycles. The molecule has 0 saturated carbocycles. The van der Waals surface area contributed by atoms with Crippen molar-refractivity contribution in [1.82, 2.24) is 19.9 Å². The molecule has 0 bridgehead atoms. The van der Waals surface area contributed by atoms with Gasteiger partial charge < -0.3 is 18.9 Å². The quantitative estimate of drug-likeness (QED) is 0.328. The number of benzene rings is 3. The first-order valence-electron chi connectivity index (χ1n) is 12.1. The minimum atomic E-state index is 0.477. The number of nitrogens with one attached hydrogen (secondary N) is 2. The number of hydrogen-bond donors (Lipinski definition) is 1. The predicted molar refractivity (Wildman–Crippen MR) is 145 cm³/mol. The number of aromatic nitrogens is 6. The van der Waals surface area contributed by atoms with Crippen LogP contribution in [0.3, 0.4) is 0 Å². The molecule has 3 aromatic heterocycles. The van der Waals surface area contributed by atoms with Crippen LogP contribution in [0, 0.1) is 0 Å². The molecule has 0 aliphatic rings. The number of rotatable bonds is 6. The second kappa shape index (κ2) is 11.4. The lowest BCUT2D eigenvalue weighted by Crippen LogP contribution is -2.30. The summed E-state index contributed by atoms with van der Waals surface area (Å²) in [5.41, 5.74) is 2.68. The summed E-state index contributed by atoms with van der Waals surface area (Å²) < 4.78 is 23.1. The fourth-order valence-corrected chi connectivity index (χ4v) is 4.08. The smallest absolute Gasteiger partial charge is 0.393 e. The lowest BCUT2D eigenvalue weighted by Gasteiger charge is -2.09. The lowest BCUT2D eigenvalue weighted by atomic mass is 10.2. The van der Waals surface area contributed by atoms with E-state index < -0.39 is 0 Å². The Morgan fingerprint density at radius 2 is 1.46 bits per heavy atom. The Kier molecular flexibility index (Phi) is 7.44. The highest BCUT2D eigenvalue weighted by atomic mass is 16.5. The number of hydrogen-bond acceptors (Lipinski definition) is 7. The summed E-state index contributed by atoms with van der Waals surface area (Å²) in [6, 6.07) is 21.5. The minimum Gasteiger partial charge on any atom is -0.493 e. The number of ether oxygens (including phenoxy) is 4. The zero-order valence-electron chi connectivity index (χ0n) is 22.0. The Labute approximate surface area is 224 Å². The molecule has 6 rings (SSSR count). The fraction of sp³-hybridized carbons (Fsp3) is 0.138. The Bertz CT molecular complexity index is 1710. The summed E-state index contributed by atoms with van der Waals surface area (Å²) in [6.45, 7) is 0. The van der Waals surface area contributed by atoms with Gasteiger partial charge in [0.15, 0.2) is 23.3 Å². The first kappa shape index (κ1) is 25.4. The first-order valence-corrected chi connectivity index (χ1v) is 12.1. The third-order valence-corrected chi connectivity index (χ3v) is 5.99. The number of methoxy groups -OCH3 is 4. The van der Waals surface area contributed by atoms with Gasteiger partial charge in [-0.1, -0.05) is 35.3 Å². The highest BCUT2D eigenvalue weighted by Gasteiger charge is 2.20. The van der Waals surface area contributed by atoms with E-state index in [-0.39, 0.29) is 0 Å². The SMILES string of the molecule is COc1[nH+]c(-c2ccccc2)nc2ccccc12.COc1cc2nc(-[n+]3cc[nH]c3)nc(OC)c2cc1OC. The summed E-state index contributed by atoms with van der Waals surface area (Å²) in [5.74, 6) is 3.74. The van der Waals surface area contributed by atoms with E-state index in [1.807, 2.05) is 60.8 Å². The van der Waals surface area contributed by atoms with Crippen molar-refractivity contribution in [3.63, 3.8) is 0 Å². The van der Waals surface area contributed by atoms with Gasteiger partial charge >= 0.3 is 11.8 Å². The van der Waals surface area contributed by atoms with Crippen LogP contribution in [0.5, 0.6) is 23.3 Å². The van der Waals surface area contributed by atoms with Crippen LogP contribution in [-0.2, 0) is 0 Å². The van der Waals surface area contributed by atoms with Gasteiger partial charge in [0.05, 0.1) is 51.8 Å². The summed E-state index contributed by atoms with van der Waals surface area (Å²) in [6.07, 6.45) is 5.36. The number of nitrogens with zero attached hydrogens (tertiary/aromatic N) is 4. The number of aromatic amines is 2. The second-order valence-electron chi connectivity index (χ2n) is 8.28. The van der Waals surface area contributed by atoms with Crippen LogP contribution >= 0.6 is 0 Å². The van der Waals surface area contributed by atoms with Crippen molar-refractivity contribution in [3.05, 3.63) is 85.5 Å². The van der Waals surface area contributed by atoms with Gasteiger partial charge in [0.25, 0.3) is 11.8 Å². The van der Waals surface area contributed by atoms with Crippen molar-refractivity contribution in [2.75, 3.05) is 28.4 Å². The van der Waals surface area contributed by atoms with Crippen molar-refractivity contribution in [1.29, 1.82) is 0 Å². The van der Waals surface area contributed by atoms with Crippen LogP contribution in [0.2, 0.25) is 0 Å². The Morgan fingerprint density at radius 1 is 0.718 bits per heavy atom. The van der Waals surface area contributed by atoms with E-state index in [2.05, 4.69) is 24.9 Å². The van der Waals surface area contributed by atoms with E-state index in [9.17, 15) is 0 Å². The van der Waals surface area contributed by atoms with Gasteiger partial charge in [-0.05, 0) is 29.2 Å². The molecule has 39 heavy (non-hydrogen) atoms. The molecule has 0 amide bonds. The maximum Gasteiger partial charge on any atom is 0.393 e. The van der Waals surface area contributed by atoms with Crippen LogP contribution in [0.25, 0.3) is 39.1 Å². The third kappa shape index (κ3) is 5.26. The number of imidazole rings is 1. The van der Waals surface area contributed by atoms with Crippen molar-refractivity contribution in [3.8, 4) is 40.6 Å². The molecule has 3 aromatic carbocycles. The van der Waals surface area contributed by atoms with Crippen molar-refractivity contribution in [2.24, 2.45) is 0 Å². The van der Waals surface area contributed by atoms with Crippen molar-refractivity contribution < 1.29 is 28.5 Å². The molecule has 0 unspecified atom stereocenters. The Hall–Kier alpha value is -5.25. The molecule has 0 spiro atoms.